The molecule has 4 heterocycles. The van der Waals surface area contributed by atoms with Crippen LogP contribution in [0, 0.1) is 17.8 Å². The van der Waals surface area contributed by atoms with Crippen LogP contribution in [0.3, 0.4) is 0 Å². The molecule has 2 atom stereocenters. The zero-order chi connectivity index (χ0) is 26.4. The highest BCUT2D eigenvalue weighted by Gasteiger charge is 2.39. The fourth-order valence-electron chi connectivity index (χ4n) is 5.94. The summed E-state index contributed by atoms with van der Waals surface area (Å²) in [5, 5.41) is 4.40. The van der Waals surface area contributed by atoms with Gasteiger partial charge in [-0.05, 0) is 69.4 Å². The van der Waals surface area contributed by atoms with Crippen molar-refractivity contribution in [1.29, 1.82) is 0 Å². The highest BCUT2D eigenvalue weighted by atomic mass is 35.5. The minimum Gasteiger partial charge on any atom is -0.370 e. The number of fused-ring (bicyclic) bond motifs is 1. The van der Waals surface area contributed by atoms with Crippen LogP contribution >= 0.6 is 11.6 Å². The first-order chi connectivity index (χ1) is 18.4. The lowest BCUT2D eigenvalue weighted by Gasteiger charge is -2.33. The second-order valence-corrected chi connectivity index (χ2v) is 11.3. The maximum Gasteiger partial charge on any atom is 0.439 e. The van der Waals surface area contributed by atoms with Crippen LogP contribution in [0.5, 0.6) is 0 Å². The van der Waals surface area contributed by atoms with Gasteiger partial charge in [0.1, 0.15) is 17.6 Å². The molecule has 2 unspecified atom stereocenters. The van der Waals surface area contributed by atoms with Gasteiger partial charge in [-0.1, -0.05) is 36.5 Å². The first-order valence-electron chi connectivity index (χ1n) is 13.6. The Bertz CT molecular complexity index is 1500. The van der Waals surface area contributed by atoms with Gasteiger partial charge in [-0.2, -0.15) is 0 Å². The predicted octanol–water partition coefficient (Wildman–Crippen LogP) is 6.36. The molecule has 0 radical (unpaired) electrons. The number of H-pyrrole nitrogens is 1. The van der Waals surface area contributed by atoms with E-state index < -0.39 is 5.76 Å². The number of halogens is 1. The quantitative estimate of drug-likeness (QED) is 0.278. The lowest BCUT2D eigenvalue weighted by molar-refractivity contribution is 0.0355. The molecule has 0 aliphatic heterocycles. The Balaban J connectivity index is 1.61. The van der Waals surface area contributed by atoms with Crippen molar-refractivity contribution < 1.29 is 9.26 Å². The van der Waals surface area contributed by atoms with Crippen LogP contribution in [0.15, 0.2) is 33.8 Å². The molecule has 0 bridgehead atoms. The summed E-state index contributed by atoms with van der Waals surface area (Å²) < 4.78 is 13.5. The zero-order valence-corrected chi connectivity index (χ0v) is 22.7. The molecular weight excluding hydrogens is 504 g/mol. The van der Waals surface area contributed by atoms with E-state index in [0.29, 0.717) is 34.9 Å². The van der Waals surface area contributed by atoms with Crippen LogP contribution in [0.1, 0.15) is 77.3 Å². The lowest BCUT2D eigenvalue weighted by atomic mass is 9.79. The van der Waals surface area contributed by atoms with Crippen molar-refractivity contribution in [3.05, 3.63) is 45.9 Å². The molecule has 0 amide bonds. The van der Waals surface area contributed by atoms with E-state index in [1.54, 1.807) is 12.4 Å². The van der Waals surface area contributed by atoms with Gasteiger partial charge in [-0.25, -0.2) is 14.8 Å². The van der Waals surface area contributed by atoms with Crippen LogP contribution in [0.25, 0.3) is 33.8 Å². The van der Waals surface area contributed by atoms with E-state index in [1.807, 2.05) is 19.1 Å². The van der Waals surface area contributed by atoms with Crippen molar-refractivity contribution in [3.63, 3.8) is 0 Å². The molecule has 4 aromatic rings. The molecule has 0 aromatic carbocycles. The van der Waals surface area contributed by atoms with Crippen molar-refractivity contribution in [2.75, 3.05) is 6.61 Å². The summed E-state index contributed by atoms with van der Waals surface area (Å²) in [6.45, 7) is 7.32. The van der Waals surface area contributed by atoms with Gasteiger partial charge in [0.2, 0.25) is 5.82 Å². The lowest BCUT2D eigenvalue weighted by Crippen LogP contribution is -2.25. The third-order valence-corrected chi connectivity index (χ3v) is 8.36. The molecule has 6 rings (SSSR count). The number of hydrogen-bond acceptors (Lipinski definition) is 7. The van der Waals surface area contributed by atoms with Crippen molar-refractivity contribution >= 4 is 22.6 Å². The molecule has 200 valence electrons. The minimum atomic E-state index is -0.635. The number of pyridine rings is 2. The number of nitrogens with one attached hydrogen (secondary N) is 1. The molecular formula is C28H33ClN6O3. The topological polar surface area (TPSA) is 112 Å². The Morgan fingerprint density at radius 3 is 2.55 bits per heavy atom. The Labute approximate surface area is 226 Å². The number of aromatic amines is 1. The van der Waals surface area contributed by atoms with Gasteiger partial charge in [0.25, 0.3) is 0 Å². The summed E-state index contributed by atoms with van der Waals surface area (Å²) in [6.07, 6.45) is 10.4. The highest BCUT2D eigenvalue weighted by molar-refractivity contribution is 6.30. The average Bonchev–Trinajstić information content (AvgIpc) is 3.54. The number of nitrogens with zero attached hydrogens (tertiary/aromatic N) is 5. The summed E-state index contributed by atoms with van der Waals surface area (Å²) in [4.78, 5) is 28.9. The van der Waals surface area contributed by atoms with Crippen LogP contribution in [0.2, 0.25) is 5.02 Å². The molecule has 2 fully saturated rings. The maximum absolute atomic E-state index is 11.7. The standard InChI is InChI=1S/C28H33ClN6O3/c1-4-37-25(18-9-10-18)27-32-21-12-22(26-33-28(36)38-34-26)31-23(19-11-20(29)14-30-13-19)24(21)35(27)16(3)17-7-5-15(2)6-8-17/h11-18,25H,4-10H2,1-3H3,(H,33,34,36). The molecule has 2 saturated carbocycles. The van der Waals surface area contributed by atoms with Gasteiger partial charge in [-0.15, -0.1) is 0 Å². The van der Waals surface area contributed by atoms with E-state index in [4.69, 9.17) is 30.8 Å². The minimum absolute atomic E-state index is 0.0852. The molecule has 4 aromatic heterocycles. The number of aromatic nitrogens is 6. The van der Waals surface area contributed by atoms with Crippen LogP contribution in [-0.4, -0.2) is 36.3 Å². The molecule has 9 nitrogen and oxygen atoms in total. The predicted molar refractivity (Wildman–Crippen MR) is 145 cm³/mol. The van der Waals surface area contributed by atoms with Gasteiger partial charge in [0, 0.05) is 30.6 Å². The monoisotopic (exact) mass is 536 g/mol. The van der Waals surface area contributed by atoms with E-state index in [2.05, 4.69) is 33.5 Å². The van der Waals surface area contributed by atoms with Gasteiger partial charge < -0.3 is 9.30 Å². The van der Waals surface area contributed by atoms with Gasteiger partial charge in [0.15, 0.2) is 0 Å². The third-order valence-electron chi connectivity index (χ3n) is 8.16. The second-order valence-electron chi connectivity index (χ2n) is 10.9. The Morgan fingerprint density at radius 1 is 1.13 bits per heavy atom. The van der Waals surface area contributed by atoms with Crippen molar-refractivity contribution in [3.8, 4) is 22.8 Å². The third kappa shape index (κ3) is 4.78. The molecule has 0 spiro atoms. The number of hydrogen-bond donors (Lipinski definition) is 1. The first kappa shape index (κ1) is 25.2. The molecule has 2 aliphatic rings. The van der Waals surface area contributed by atoms with E-state index >= 15 is 0 Å². The largest absolute Gasteiger partial charge is 0.439 e. The second kappa shape index (κ2) is 10.3. The van der Waals surface area contributed by atoms with Crippen molar-refractivity contribution in [1.82, 2.24) is 29.7 Å². The molecule has 2 aliphatic carbocycles. The zero-order valence-electron chi connectivity index (χ0n) is 22.0. The van der Waals surface area contributed by atoms with Gasteiger partial charge >= 0.3 is 5.76 Å². The Hall–Kier alpha value is -3.04. The van der Waals surface area contributed by atoms with Crippen LogP contribution in [-0.2, 0) is 4.74 Å². The smallest absolute Gasteiger partial charge is 0.370 e. The number of rotatable bonds is 8. The first-order valence-corrected chi connectivity index (χ1v) is 14.0. The van der Waals surface area contributed by atoms with E-state index in [-0.39, 0.29) is 18.0 Å². The highest BCUT2D eigenvalue weighted by Crippen LogP contribution is 2.47. The van der Waals surface area contributed by atoms with E-state index in [9.17, 15) is 4.79 Å². The average molecular weight is 537 g/mol. The van der Waals surface area contributed by atoms with Gasteiger partial charge in [-0.3, -0.25) is 14.5 Å². The van der Waals surface area contributed by atoms with Crippen LogP contribution in [0.4, 0.5) is 0 Å². The molecule has 38 heavy (non-hydrogen) atoms. The van der Waals surface area contributed by atoms with Crippen molar-refractivity contribution in [2.24, 2.45) is 17.8 Å². The fraction of sp³-hybridized carbons (Fsp3) is 0.536. The summed E-state index contributed by atoms with van der Waals surface area (Å²) >= 11 is 6.38. The number of imidazole rings is 1. The summed E-state index contributed by atoms with van der Waals surface area (Å²) in [6, 6.07) is 3.93. The van der Waals surface area contributed by atoms with Crippen LogP contribution < -0.4 is 5.76 Å². The van der Waals surface area contributed by atoms with E-state index in [0.717, 1.165) is 41.2 Å². The van der Waals surface area contributed by atoms with E-state index in [1.165, 1.54) is 25.7 Å². The summed E-state index contributed by atoms with van der Waals surface area (Å²) in [7, 11) is 0. The van der Waals surface area contributed by atoms with Gasteiger partial charge in [0.05, 0.1) is 21.7 Å². The Kier molecular flexibility index (Phi) is 6.82. The molecule has 0 saturated heterocycles. The summed E-state index contributed by atoms with van der Waals surface area (Å²) in [5.74, 6) is 2.31. The summed E-state index contributed by atoms with van der Waals surface area (Å²) in [5.41, 5.74) is 3.62. The maximum atomic E-state index is 11.7. The van der Waals surface area contributed by atoms with Crippen molar-refractivity contribution in [2.45, 2.75) is 71.4 Å². The number of ether oxygens (including phenoxy) is 1. The SMILES string of the molecule is CCOC(c1nc2cc(-c3noc(=O)[nH]3)nc(-c3cncc(Cl)c3)c2n1C(C)C1CCC(C)CC1)C1CC1. The molecule has 10 heteroatoms. The normalized spacial score (nSPS) is 21.6. The molecule has 1 N–H and O–H groups in total. The fourth-order valence-corrected chi connectivity index (χ4v) is 6.11. The Morgan fingerprint density at radius 2 is 1.89 bits per heavy atom.